The molecule has 4 unspecified atom stereocenters. The van der Waals surface area contributed by atoms with E-state index in [4.69, 9.17) is 16.2 Å². The molecule has 0 aliphatic rings. The summed E-state index contributed by atoms with van der Waals surface area (Å²) in [6, 6.07) is 7.70. The van der Waals surface area contributed by atoms with Gasteiger partial charge in [-0.05, 0) is 61.3 Å². The number of aliphatic carboxylic acids is 6. The van der Waals surface area contributed by atoms with Crippen LogP contribution in [0.1, 0.15) is 62.7 Å². The number of carbonyl (C=O) groups is 10. The molecule has 0 saturated carbocycles. The van der Waals surface area contributed by atoms with Crippen LogP contribution in [0.25, 0.3) is 11.1 Å². The van der Waals surface area contributed by atoms with E-state index in [-0.39, 0.29) is 43.1 Å². The van der Waals surface area contributed by atoms with E-state index in [1.54, 1.807) is 50.2 Å². The van der Waals surface area contributed by atoms with E-state index in [1.807, 2.05) is 0 Å². The van der Waals surface area contributed by atoms with Gasteiger partial charge in [-0.1, -0.05) is 56.7 Å². The first-order chi connectivity index (χ1) is 35.9. The van der Waals surface area contributed by atoms with E-state index in [0.717, 1.165) is 14.7 Å². The van der Waals surface area contributed by atoms with Gasteiger partial charge in [0.25, 0.3) is 5.91 Å². The number of carboxylic acid groups (broad SMARTS) is 6. The number of nitrogens with two attached hydrogens (primary N) is 2. The first-order valence-electron chi connectivity index (χ1n) is 24.3. The van der Waals surface area contributed by atoms with Crippen LogP contribution >= 0.6 is 0 Å². The first-order valence-corrected chi connectivity index (χ1v) is 24.3. The summed E-state index contributed by atoms with van der Waals surface area (Å²) in [5.74, 6) is -14.1. The summed E-state index contributed by atoms with van der Waals surface area (Å²) in [7, 11) is 0. The molecule has 28 nitrogen and oxygen atoms in total. The fourth-order valence-electron chi connectivity index (χ4n) is 7.63. The smallest absolute Gasteiger partial charge is 0.338 e. The minimum absolute atomic E-state index is 0.00470. The third-order valence-electron chi connectivity index (χ3n) is 11.7. The number of carbonyl (C=O) groups excluding carboxylic acids is 9. The second-order valence-electron chi connectivity index (χ2n) is 17.7. The lowest BCUT2D eigenvalue weighted by atomic mass is 9.97. The van der Waals surface area contributed by atoms with Crippen molar-refractivity contribution >= 4 is 65.4 Å². The highest BCUT2D eigenvalue weighted by Gasteiger charge is 2.32. The quantitative estimate of drug-likeness (QED) is 0.0170. The van der Waals surface area contributed by atoms with Crippen molar-refractivity contribution in [1.82, 2.24) is 36.0 Å². The summed E-state index contributed by atoms with van der Waals surface area (Å²) in [5, 5.41) is 78.2. The van der Waals surface area contributed by atoms with Crippen molar-refractivity contribution < 1.29 is 94.0 Å². The zero-order valence-electron chi connectivity index (χ0n) is 42.4. The maximum absolute atomic E-state index is 14.1. The summed E-state index contributed by atoms with van der Waals surface area (Å²) in [4.78, 5) is 131. The van der Waals surface area contributed by atoms with E-state index in [1.165, 1.54) is 12.1 Å². The molecule has 2 aromatic rings. The number of carboxylic acids is 6. The largest absolute Gasteiger partial charge is 0.549 e. The molecule has 420 valence electrons. The Bertz CT molecular complexity index is 2290. The van der Waals surface area contributed by atoms with Crippen LogP contribution in [-0.2, 0) is 43.2 Å². The highest BCUT2D eigenvalue weighted by molar-refractivity contribution is 6.00. The van der Waals surface area contributed by atoms with Gasteiger partial charge in [0.15, 0.2) is 0 Å². The summed E-state index contributed by atoms with van der Waals surface area (Å²) in [6.45, 7) is -3.49. The summed E-state index contributed by atoms with van der Waals surface area (Å²) < 4.78 is 6.07. The summed E-state index contributed by atoms with van der Waals surface area (Å²) in [6.07, 6.45) is 1.75. The first kappa shape index (κ1) is 64.2. The van der Waals surface area contributed by atoms with Crippen LogP contribution in [0.3, 0.4) is 0 Å². The summed E-state index contributed by atoms with van der Waals surface area (Å²) >= 11 is 0. The van der Waals surface area contributed by atoms with Crippen LogP contribution in [-0.4, -0.2) is 188 Å². The van der Waals surface area contributed by atoms with Gasteiger partial charge in [-0.2, -0.15) is 0 Å². The molecule has 0 radical (unpaired) electrons. The lowest BCUT2D eigenvalue weighted by Crippen LogP contribution is -2.78. The van der Waals surface area contributed by atoms with Crippen LogP contribution in [0.4, 0.5) is 0 Å². The molecule has 0 fully saturated rings. The van der Waals surface area contributed by atoms with Gasteiger partial charge >= 0.3 is 11.9 Å². The molecular weight excluding hydrogens is 1000 g/mol. The van der Waals surface area contributed by atoms with Crippen molar-refractivity contribution in [2.24, 2.45) is 17.4 Å². The van der Waals surface area contributed by atoms with E-state index in [2.05, 4.69) is 32.0 Å². The number of amides is 4. The molecule has 13 N–H and O–H groups in total. The van der Waals surface area contributed by atoms with Gasteiger partial charge in [-0.3, -0.25) is 50.3 Å². The van der Waals surface area contributed by atoms with Gasteiger partial charge in [-0.25, -0.2) is 4.79 Å². The Hall–Kier alpha value is -7.95. The molecule has 0 spiro atoms. The molecule has 0 aromatic heterocycles. The third-order valence-corrected chi connectivity index (χ3v) is 11.7. The molecule has 0 saturated heterocycles. The molecule has 0 bridgehead atoms. The van der Waals surface area contributed by atoms with Gasteiger partial charge < -0.3 is 86.3 Å². The van der Waals surface area contributed by atoms with E-state index in [9.17, 15) is 78.6 Å². The van der Waals surface area contributed by atoms with E-state index in [0.29, 0.717) is 36.9 Å². The SMILES string of the molecule is CCC(C)C(NC(=O)CNC(=O)c1cc(-c2ccccc2)ccc1OC[C@@H](CN(CCN(CC(=O)[O-])CC(=O)[O-])CC(=O)[O-])N(CC(=O)[O-])CC(=O)[O-])C(=O)NC(CCC[NH+]=C(N)N)C(=O)NC(CCCC[NH3+])C(=O)O. The molecule has 4 amide bonds. The molecule has 2 aromatic carbocycles. The average molecular weight is 1070 g/mol. The minimum Gasteiger partial charge on any atom is -0.549 e. The minimum atomic E-state index is -1.77. The zero-order valence-corrected chi connectivity index (χ0v) is 42.4. The average Bonchev–Trinajstić information content (AvgIpc) is 3.34. The predicted octanol–water partition coefficient (Wildman–Crippen LogP) is -11.4. The van der Waals surface area contributed by atoms with Gasteiger partial charge in [0, 0.05) is 52.4 Å². The van der Waals surface area contributed by atoms with Crippen LogP contribution in [0.2, 0.25) is 0 Å². The van der Waals surface area contributed by atoms with Crippen LogP contribution in [0.15, 0.2) is 48.5 Å². The van der Waals surface area contributed by atoms with Crippen LogP contribution in [0, 0.1) is 5.92 Å². The number of rotatable bonds is 39. The second kappa shape index (κ2) is 33.8. The third kappa shape index (κ3) is 24.9. The molecular formula is C48H68N11O17-3. The fourth-order valence-corrected chi connectivity index (χ4v) is 7.63. The number of hydrogen-bond donors (Lipinski definition) is 9. The van der Waals surface area contributed by atoms with Gasteiger partial charge in [0.05, 0.1) is 61.1 Å². The van der Waals surface area contributed by atoms with Gasteiger partial charge in [0.2, 0.25) is 17.7 Å². The van der Waals surface area contributed by atoms with E-state index < -0.39 is 155 Å². The summed E-state index contributed by atoms with van der Waals surface area (Å²) in [5.41, 5.74) is 15.6. The predicted molar refractivity (Wildman–Crippen MR) is 256 cm³/mol. The number of unbranched alkanes of at least 4 members (excludes halogenated alkanes) is 1. The highest BCUT2D eigenvalue weighted by Crippen LogP contribution is 2.27. The highest BCUT2D eigenvalue weighted by atomic mass is 16.5. The molecule has 76 heavy (non-hydrogen) atoms. The molecule has 0 heterocycles. The van der Waals surface area contributed by atoms with Gasteiger partial charge in [0.1, 0.15) is 30.5 Å². The Morgan fingerprint density at radius 2 is 1.28 bits per heavy atom. The number of benzene rings is 2. The number of ether oxygens (including phenoxy) is 1. The maximum Gasteiger partial charge on any atom is 0.338 e. The molecule has 0 aliphatic carbocycles. The lowest BCUT2D eigenvalue weighted by Gasteiger charge is -2.37. The Kier molecular flexibility index (Phi) is 28.5. The molecule has 28 heteroatoms. The molecule has 2 rings (SSSR count). The Balaban J connectivity index is 2.50. The van der Waals surface area contributed by atoms with Crippen molar-refractivity contribution in [2.45, 2.75) is 76.5 Å². The maximum atomic E-state index is 14.1. The van der Waals surface area contributed by atoms with Crippen molar-refractivity contribution in [1.29, 1.82) is 0 Å². The Morgan fingerprint density at radius 1 is 0.711 bits per heavy atom. The van der Waals surface area contributed by atoms with Gasteiger partial charge in [-0.15, -0.1) is 0 Å². The molecule has 5 atom stereocenters. The fraction of sp³-hybridized carbons (Fsp3) is 0.521. The van der Waals surface area contributed by atoms with Crippen molar-refractivity contribution in [3.63, 3.8) is 0 Å². The van der Waals surface area contributed by atoms with E-state index >= 15 is 0 Å². The number of quaternary nitrogens is 1. The number of hydrogen-bond acceptors (Lipinski definition) is 19. The standard InChI is InChI=1S/C48H71N11O17/c1-3-29(2)43(46(73)54-34(13-9-17-52-48(50)51)45(72)55-35(47(74)75)12-7-8-16-49)56-37(60)21-53-44(71)33-20-31(30-10-5-4-6-11-30)14-15-36(33)76-28-32(59(26-41(67)68)27-42(69)70)22-57(23-38(61)62)18-19-58(24-39(63)64)25-40(65)66/h4-6,10-11,14-15,20,29,32,34-35,43H,3,7-9,12-13,16-19,21-28,49H2,1-2H3,(H,53,71)(H,54,73)(H,55,72)(H,56,60)(H,61,62)(H,63,64)(H,65,66)(H,67,68)(H,69,70)(H,74,75)(H4,50,51,52)/p-3/t29?,32-,34?,35?,43?/m1/s1. The van der Waals surface area contributed by atoms with Crippen LogP contribution in [0.5, 0.6) is 5.75 Å². The lowest BCUT2D eigenvalue weighted by molar-refractivity contribution is -0.459. The second-order valence-corrected chi connectivity index (χ2v) is 17.7. The van der Waals surface area contributed by atoms with Crippen molar-refractivity contribution in [3.8, 4) is 16.9 Å². The Morgan fingerprint density at radius 3 is 1.83 bits per heavy atom. The van der Waals surface area contributed by atoms with Crippen LogP contribution < -0.4 is 73.7 Å². The number of nitrogens with zero attached hydrogens (tertiary/aromatic N) is 3. The number of guanidine groups is 1. The monoisotopic (exact) mass is 1070 g/mol. The molecule has 0 aliphatic heterocycles. The normalized spacial score (nSPS) is 13.1. The topological polar surface area (TPSA) is 467 Å². The van der Waals surface area contributed by atoms with Crippen molar-refractivity contribution in [3.05, 3.63) is 54.1 Å². The van der Waals surface area contributed by atoms with Crippen molar-refractivity contribution in [2.75, 3.05) is 78.6 Å². The Labute approximate surface area is 438 Å². The zero-order chi connectivity index (χ0) is 56.9. The number of nitrogens with one attached hydrogen (secondary N) is 5.